The normalized spacial score (nSPS) is 10.1. The van der Waals surface area contributed by atoms with Gasteiger partial charge in [0.1, 0.15) is 5.82 Å². The Hall–Kier alpha value is -2.60. The first-order chi connectivity index (χ1) is 10.5. The zero-order chi connectivity index (χ0) is 16.1. The van der Waals surface area contributed by atoms with Crippen LogP contribution in [0.15, 0.2) is 42.5 Å². The Morgan fingerprint density at radius 2 is 1.86 bits per heavy atom. The van der Waals surface area contributed by atoms with E-state index < -0.39 is 24.3 Å². The Balaban J connectivity index is 1.91. The second-order valence-electron chi connectivity index (χ2n) is 4.36. The van der Waals surface area contributed by atoms with Gasteiger partial charge in [-0.05, 0) is 42.5 Å². The average molecular weight is 323 g/mol. The maximum Gasteiger partial charge on any atom is 0.340 e. The van der Waals surface area contributed by atoms with Crippen molar-refractivity contribution in [3.05, 3.63) is 58.9 Å². The molecule has 0 aliphatic heterocycles. The number of hydrogen-bond acceptors (Lipinski definition) is 4. The molecule has 0 radical (unpaired) electrons. The molecule has 0 bridgehead atoms. The molecular formula is C15H12ClFN2O3. The van der Waals surface area contributed by atoms with Crippen molar-refractivity contribution in [3.8, 4) is 0 Å². The number of halogens is 2. The maximum absolute atomic E-state index is 12.7. The van der Waals surface area contributed by atoms with Gasteiger partial charge in [0, 0.05) is 16.4 Å². The molecule has 114 valence electrons. The molecule has 7 heteroatoms. The van der Waals surface area contributed by atoms with Crippen molar-refractivity contribution in [2.45, 2.75) is 0 Å². The van der Waals surface area contributed by atoms with Crippen LogP contribution in [0.3, 0.4) is 0 Å². The second-order valence-corrected chi connectivity index (χ2v) is 4.80. The van der Waals surface area contributed by atoms with Gasteiger partial charge in [0.2, 0.25) is 0 Å². The van der Waals surface area contributed by atoms with Crippen LogP contribution in [0.4, 0.5) is 15.8 Å². The lowest BCUT2D eigenvalue weighted by molar-refractivity contribution is -0.119. The van der Waals surface area contributed by atoms with Gasteiger partial charge in [-0.15, -0.1) is 0 Å². The third-order valence-corrected chi connectivity index (χ3v) is 2.93. The largest absolute Gasteiger partial charge is 0.452 e. The van der Waals surface area contributed by atoms with Crippen molar-refractivity contribution >= 4 is 34.9 Å². The fraction of sp³-hybridized carbons (Fsp3) is 0.0667. The molecule has 0 unspecified atom stereocenters. The lowest BCUT2D eigenvalue weighted by Gasteiger charge is -2.08. The van der Waals surface area contributed by atoms with Gasteiger partial charge in [-0.1, -0.05) is 11.6 Å². The molecule has 0 fully saturated rings. The molecule has 0 aliphatic rings. The molecule has 0 atom stereocenters. The van der Waals surface area contributed by atoms with E-state index in [4.69, 9.17) is 22.1 Å². The summed E-state index contributed by atoms with van der Waals surface area (Å²) in [7, 11) is 0. The van der Waals surface area contributed by atoms with Crippen molar-refractivity contribution in [3.63, 3.8) is 0 Å². The van der Waals surface area contributed by atoms with E-state index in [0.717, 1.165) is 0 Å². The Kier molecular flexibility index (Phi) is 4.95. The van der Waals surface area contributed by atoms with Crippen LogP contribution >= 0.6 is 11.6 Å². The highest BCUT2D eigenvalue weighted by molar-refractivity contribution is 6.31. The van der Waals surface area contributed by atoms with Crippen LogP contribution in [0.25, 0.3) is 0 Å². The number of nitrogen functional groups attached to an aromatic ring is 1. The fourth-order valence-electron chi connectivity index (χ4n) is 1.64. The Bertz CT molecular complexity index is 704. The molecule has 0 aromatic heterocycles. The number of anilines is 2. The van der Waals surface area contributed by atoms with E-state index in [1.807, 2.05) is 0 Å². The molecule has 0 heterocycles. The SMILES string of the molecule is Nc1ccc(Cl)cc1C(=O)OCC(=O)Nc1ccc(F)cc1. The summed E-state index contributed by atoms with van der Waals surface area (Å²) in [5, 5.41) is 2.79. The summed E-state index contributed by atoms with van der Waals surface area (Å²) in [6.45, 7) is -0.498. The predicted octanol–water partition coefficient (Wildman–Crippen LogP) is 2.86. The topological polar surface area (TPSA) is 81.4 Å². The molecule has 2 aromatic rings. The predicted molar refractivity (Wildman–Crippen MR) is 81.2 cm³/mol. The smallest absolute Gasteiger partial charge is 0.340 e. The van der Waals surface area contributed by atoms with Crippen molar-refractivity contribution in [1.82, 2.24) is 0 Å². The van der Waals surface area contributed by atoms with Gasteiger partial charge in [0.15, 0.2) is 6.61 Å². The molecule has 22 heavy (non-hydrogen) atoms. The number of nitrogens with one attached hydrogen (secondary N) is 1. The first kappa shape index (κ1) is 15.8. The third-order valence-electron chi connectivity index (χ3n) is 2.70. The Morgan fingerprint density at radius 1 is 1.18 bits per heavy atom. The van der Waals surface area contributed by atoms with Crippen LogP contribution in [-0.4, -0.2) is 18.5 Å². The number of nitrogens with two attached hydrogens (primary N) is 1. The molecule has 0 saturated carbocycles. The van der Waals surface area contributed by atoms with Crippen LogP contribution in [0.1, 0.15) is 10.4 Å². The third kappa shape index (κ3) is 4.20. The number of carbonyl (C=O) groups excluding carboxylic acids is 2. The monoisotopic (exact) mass is 322 g/mol. The van der Waals surface area contributed by atoms with Gasteiger partial charge >= 0.3 is 5.97 Å². The first-order valence-electron chi connectivity index (χ1n) is 6.23. The van der Waals surface area contributed by atoms with Crippen LogP contribution in [0, 0.1) is 5.82 Å². The summed E-state index contributed by atoms with van der Waals surface area (Å²) < 4.78 is 17.6. The van der Waals surface area contributed by atoms with Crippen LogP contribution in [0.2, 0.25) is 5.02 Å². The average Bonchev–Trinajstić information content (AvgIpc) is 2.49. The van der Waals surface area contributed by atoms with E-state index in [-0.39, 0.29) is 11.3 Å². The van der Waals surface area contributed by atoms with Gasteiger partial charge < -0.3 is 15.8 Å². The molecule has 2 aromatic carbocycles. The van der Waals surface area contributed by atoms with Crippen LogP contribution in [0.5, 0.6) is 0 Å². The van der Waals surface area contributed by atoms with Crippen LogP contribution < -0.4 is 11.1 Å². The standard InChI is InChI=1S/C15H12ClFN2O3/c16-9-1-6-13(18)12(7-9)15(21)22-8-14(20)19-11-4-2-10(17)3-5-11/h1-7H,8,18H2,(H,19,20). The minimum absolute atomic E-state index is 0.0853. The van der Waals surface area contributed by atoms with Crippen LogP contribution in [-0.2, 0) is 9.53 Å². The highest BCUT2D eigenvalue weighted by Crippen LogP contribution is 2.18. The fourth-order valence-corrected chi connectivity index (χ4v) is 1.82. The number of amides is 1. The number of esters is 1. The maximum atomic E-state index is 12.7. The number of rotatable bonds is 4. The number of ether oxygens (including phenoxy) is 1. The molecule has 2 rings (SSSR count). The van der Waals surface area contributed by atoms with Crippen molar-refractivity contribution < 1.29 is 18.7 Å². The molecule has 0 spiro atoms. The van der Waals surface area contributed by atoms with Gasteiger partial charge in [0.05, 0.1) is 5.56 Å². The number of hydrogen-bond donors (Lipinski definition) is 2. The van der Waals surface area contributed by atoms with E-state index >= 15 is 0 Å². The summed E-state index contributed by atoms with van der Waals surface area (Å²) in [6, 6.07) is 9.56. The Morgan fingerprint density at radius 3 is 2.55 bits per heavy atom. The molecule has 0 aliphatic carbocycles. The molecule has 3 N–H and O–H groups in total. The summed E-state index contributed by atoms with van der Waals surface area (Å²) in [6.07, 6.45) is 0. The Labute approximate surface area is 130 Å². The van der Waals surface area contributed by atoms with Gasteiger partial charge in [-0.25, -0.2) is 9.18 Å². The van der Waals surface area contributed by atoms with Gasteiger partial charge in [0.25, 0.3) is 5.91 Å². The zero-order valence-electron chi connectivity index (χ0n) is 11.3. The molecule has 0 saturated heterocycles. The van der Waals surface area contributed by atoms with Crippen molar-refractivity contribution in [1.29, 1.82) is 0 Å². The second kappa shape index (κ2) is 6.91. The summed E-state index contributed by atoms with van der Waals surface area (Å²) in [5.74, 6) is -1.73. The molecule has 1 amide bonds. The summed E-state index contributed by atoms with van der Waals surface area (Å²) in [4.78, 5) is 23.5. The van der Waals surface area contributed by atoms with Gasteiger partial charge in [-0.2, -0.15) is 0 Å². The van der Waals surface area contributed by atoms with E-state index in [1.54, 1.807) is 0 Å². The van der Waals surface area contributed by atoms with E-state index in [2.05, 4.69) is 5.32 Å². The zero-order valence-corrected chi connectivity index (χ0v) is 12.1. The molecular weight excluding hydrogens is 311 g/mol. The van der Waals surface area contributed by atoms with Gasteiger partial charge in [-0.3, -0.25) is 4.79 Å². The summed E-state index contributed by atoms with van der Waals surface area (Å²) in [5.41, 5.74) is 6.32. The number of benzene rings is 2. The lowest BCUT2D eigenvalue weighted by atomic mass is 10.2. The summed E-state index contributed by atoms with van der Waals surface area (Å²) >= 11 is 5.77. The van der Waals surface area contributed by atoms with Crippen molar-refractivity contribution in [2.24, 2.45) is 0 Å². The highest BCUT2D eigenvalue weighted by atomic mass is 35.5. The molecule has 5 nitrogen and oxygen atoms in total. The lowest BCUT2D eigenvalue weighted by Crippen LogP contribution is -2.21. The van der Waals surface area contributed by atoms with E-state index in [1.165, 1.54) is 42.5 Å². The first-order valence-corrected chi connectivity index (χ1v) is 6.61. The van der Waals surface area contributed by atoms with E-state index in [9.17, 15) is 14.0 Å². The van der Waals surface area contributed by atoms with Crippen molar-refractivity contribution in [2.75, 3.05) is 17.7 Å². The number of carbonyl (C=O) groups is 2. The highest BCUT2D eigenvalue weighted by Gasteiger charge is 2.14. The quantitative estimate of drug-likeness (QED) is 0.670. The minimum Gasteiger partial charge on any atom is -0.452 e. The minimum atomic E-state index is -0.755. The van der Waals surface area contributed by atoms with E-state index in [0.29, 0.717) is 10.7 Å².